The van der Waals surface area contributed by atoms with Gasteiger partial charge in [0.1, 0.15) is 0 Å². The van der Waals surface area contributed by atoms with Gasteiger partial charge in [0.25, 0.3) is 0 Å². The first-order valence-corrected chi connectivity index (χ1v) is 2.94. The summed E-state index contributed by atoms with van der Waals surface area (Å²) < 4.78 is 0. The first kappa shape index (κ1) is 6.95. The molecule has 0 saturated carbocycles. The normalized spacial score (nSPS) is 17.0. The molecule has 0 aromatic heterocycles. The lowest BCUT2D eigenvalue weighted by Crippen LogP contribution is -2.24. The van der Waals surface area contributed by atoms with E-state index in [1.807, 2.05) is 0 Å². The van der Waals surface area contributed by atoms with Gasteiger partial charge in [-0.2, -0.15) is 0 Å². The van der Waals surface area contributed by atoms with Gasteiger partial charge >= 0.3 is 0 Å². The highest BCUT2D eigenvalue weighted by Gasteiger charge is 2.15. The number of carbonyl (C=O) groups is 2. The number of nitrogens with zero attached hydrogens (tertiary/aromatic N) is 1. The first-order chi connectivity index (χ1) is 4.75. The van der Waals surface area contributed by atoms with Crippen LogP contribution in [0.3, 0.4) is 0 Å². The molecular formula is C6H3NO2S. The minimum Gasteiger partial charge on any atom is -0.296 e. The lowest BCUT2D eigenvalue weighted by molar-refractivity contribution is -0.109. The fourth-order valence-electron chi connectivity index (χ4n) is 0.530. The number of allylic oxidation sites excluding steroid dienone is 1. The molecule has 1 rings (SSSR count). The van der Waals surface area contributed by atoms with Gasteiger partial charge in [0.15, 0.2) is 12.0 Å². The Morgan fingerprint density at radius 3 is 2.80 bits per heavy atom. The van der Waals surface area contributed by atoms with Crippen LogP contribution in [0.15, 0.2) is 17.3 Å². The molecule has 4 heteroatoms. The Kier molecular flexibility index (Phi) is 1.82. The Bertz CT molecular complexity index is 265. The standard InChI is InChI=1S/C6H3NO2S/c8-3-4-6(9)5(10)1-2-7-4/h1-3H. The molecule has 50 valence electrons. The number of hydrogen-bond donors (Lipinski definition) is 0. The van der Waals surface area contributed by atoms with Crippen LogP contribution < -0.4 is 0 Å². The Hall–Kier alpha value is -1.16. The molecule has 0 amide bonds. The minimum atomic E-state index is -0.465. The lowest BCUT2D eigenvalue weighted by atomic mass is 10.1. The van der Waals surface area contributed by atoms with Crippen molar-refractivity contribution in [2.45, 2.75) is 0 Å². The number of Topliss-reactive ketones (excluding diaryl/α,β-unsaturated/α-hetero) is 1. The molecule has 1 aliphatic heterocycles. The van der Waals surface area contributed by atoms with E-state index in [9.17, 15) is 9.59 Å². The molecule has 1 aliphatic rings. The van der Waals surface area contributed by atoms with Gasteiger partial charge < -0.3 is 0 Å². The highest BCUT2D eigenvalue weighted by atomic mass is 32.1. The number of hydrogen-bond acceptors (Lipinski definition) is 4. The van der Waals surface area contributed by atoms with Crippen molar-refractivity contribution >= 4 is 34.9 Å². The van der Waals surface area contributed by atoms with E-state index >= 15 is 0 Å². The van der Waals surface area contributed by atoms with Gasteiger partial charge in [-0.25, -0.2) is 4.99 Å². The third kappa shape index (κ3) is 1.06. The van der Waals surface area contributed by atoms with Gasteiger partial charge in [0.05, 0.1) is 4.86 Å². The molecule has 0 saturated heterocycles. The van der Waals surface area contributed by atoms with E-state index < -0.39 is 5.78 Å². The predicted molar refractivity (Wildman–Crippen MR) is 40.2 cm³/mol. The van der Waals surface area contributed by atoms with Gasteiger partial charge in [-0.3, -0.25) is 9.59 Å². The molecule has 0 bridgehead atoms. The number of aldehydes is 1. The van der Waals surface area contributed by atoms with Gasteiger partial charge in [-0.05, 0) is 6.08 Å². The summed E-state index contributed by atoms with van der Waals surface area (Å²) in [6.45, 7) is 0. The predicted octanol–water partition coefficient (Wildman–Crippen LogP) is 0.0926. The number of rotatable bonds is 1. The van der Waals surface area contributed by atoms with Gasteiger partial charge in [-0.15, -0.1) is 0 Å². The van der Waals surface area contributed by atoms with E-state index in [4.69, 9.17) is 0 Å². The van der Waals surface area contributed by atoms with Crippen molar-refractivity contribution in [1.29, 1.82) is 0 Å². The zero-order valence-corrected chi connectivity index (χ0v) is 5.72. The summed E-state index contributed by atoms with van der Waals surface area (Å²) in [4.78, 5) is 24.5. The number of aliphatic imine (C=N–C) groups is 1. The number of carbonyl (C=O) groups excluding carboxylic acids is 2. The van der Waals surface area contributed by atoms with E-state index in [1.165, 1.54) is 12.3 Å². The van der Waals surface area contributed by atoms with Crippen molar-refractivity contribution in [3.63, 3.8) is 0 Å². The maximum Gasteiger partial charge on any atom is 0.225 e. The second-order valence-corrected chi connectivity index (χ2v) is 2.08. The maximum atomic E-state index is 10.8. The summed E-state index contributed by atoms with van der Waals surface area (Å²) >= 11 is 4.60. The molecule has 1 heterocycles. The molecule has 0 atom stereocenters. The molecule has 0 N–H and O–H groups in total. The fourth-order valence-corrected chi connectivity index (χ4v) is 0.695. The summed E-state index contributed by atoms with van der Waals surface area (Å²) in [5.74, 6) is -0.465. The third-order valence-corrected chi connectivity index (χ3v) is 1.33. The number of thiocarbonyl (C=S) groups is 1. The molecule has 0 unspecified atom stereocenters. The molecule has 0 aromatic carbocycles. The average Bonchev–Trinajstić information content (AvgIpc) is 1.95. The molecule has 0 spiro atoms. The Morgan fingerprint density at radius 2 is 2.30 bits per heavy atom. The summed E-state index contributed by atoms with van der Waals surface area (Å²) in [5.41, 5.74) is -0.118. The second kappa shape index (κ2) is 2.62. The fraction of sp³-hybridized carbons (Fsp3) is 0. The first-order valence-electron chi connectivity index (χ1n) is 2.54. The van der Waals surface area contributed by atoms with Crippen molar-refractivity contribution in [2.75, 3.05) is 0 Å². The SMILES string of the molecule is O=CC1=NC=CC(=S)C1=O. The average molecular weight is 153 g/mol. The van der Waals surface area contributed by atoms with Crippen LogP contribution in [-0.4, -0.2) is 22.6 Å². The summed E-state index contributed by atoms with van der Waals surface area (Å²) in [6, 6.07) is 0. The molecule has 3 nitrogen and oxygen atoms in total. The third-order valence-electron chi connectivity index (χ3n) is 1.01. The van der Waals surface area contributed by atoms with Crippen LogP contribution in [0.25, 0.3) is 0 Å². The van der Waals surface area contributed by atoms with Crippen molar-refractivity contribution in [3.8, 4) is 0 Å². The van der Waals surface area contributed by atoms with Crippen molar-refractivity contribution in [2.24, 2.45) is 4.99 Å². The highest BCUT2D eigenvalue weighted by Crippen LogP contribution is 1.95. The van der Waals surface area contributed by atoms with Crippen LogP contribution in [0.5, 0.6) is 0 Å². The van der Waals surface area contributed by atoms with Crippen LogP contribution >= 0.6 is 12.2 Å². The van der Waals surface area contributed by atoms with Crippen molar-refractivity contribution in [1.82, 2.24) is 0 Å². The summed E-state index contributed by atoms with van der Waals surface area (Å²) in [6.07, 6.45) is 3.14. The summed E-state index contributed by atoms with van der Waals surface area (Å²) in [5, 5.41) is 0. The summed E-state index contributed by atoms with van der Waals surface area (Å²) in [7, 11) is 0. The smallest absolute Gasteiger partial charge is 0.225 e. The van der Waals surface area contributed by atoms with Crippen LogP contribution in [0.4, 0.5) is 0 Å². The Balaban J connectivity index is 3.03. The van der Waals surface area contributed by atoms with E-state index in [2.05, 4.69) is 17.2 Å². The highest BCUT2D eigenvalue weighted by molar-refractivity contribution is 7.82. The van der Waals surface area contributed by atoms with Crippen LogP contribution in [-0.2, 0) is 9.59 Å². The molecule has 0 aromatic rings. The van der Waals surface area contributed by atoms with Crippen molar-refractivity contribution in [3.05, 3.63) is 12.3 Å². The second-order valence-electron chi connectivity index (χ2n) is 1.64. The monoisotopic (exact) mass is 153 g/mol. The quantitative estimate of drug-likeness (QED) is 0.396. The van der Waals surface area contributed by atoms with Crippen LogP contribution in [0.2, 0.25) is 0 Å². The largest absolute Gasteiger partial charge is 0.296 e. The van der Waals surface area contributed by atoms with Crippen molar-refractivity contribution < 1.29 is 9.59 Å². The van der Waals surface area contributed by atoms with E-state index in [0.717, 1.165) is 0 Å². The van der Waals surface area contributed by atoms with E-state index in [1.54, 1.807) is 0 Å². The zero-order valence-electron chi connectivity index (χ0n) is 4.90. The molecule has 10 heavy (non-hydrogen) atoms. The lowest BCUT2D eigenvalue weighted by Gasteiger charge is -1.98. The maximum absolute atomic E-state index is 10.8. The topological polar surface area (TPSA) is 46.5 Å². The molecule has 0 fully saturated rings. The molecule has 0 aliphatic carbocycles. The van der Waals surface area contributed by atoms with Crippen LogP contribution in [0.1, 0.15) is 0 Å². The van der Waals surface area contributed by atoms with Gasteiger partial charge in [0, 0.05) is 6.20 Å². The van der Waals surface area contributed by atoms with E-state index in [0.29, 0.717) is 6.29 Å². The Morgan fingerprint density at radius 1 is 1.60 bits per heavy atom. The minimum absolute atomic E-state index is 0.118. The van der Waals surface area contributed by atoms with Gasteiger partial charge in [-0.1, -0.05) is 12.2 Å². The van der Waals surface area contributed by atoms with Crippen LogP contribution in [0, 0.1) is 0 Å². The molecule has 0 radical (unpaired) electrons. The zero-order chi connectivity index (χ0) is 7.56. The van der Waals surface area contributed by atoms with Gasteiger partial charge in [0.2, 0.25) is 5.78 Å². The van der Waals surface area contributed by atoms with E-state index in [-0.39, 0.29) is 10.6 Å². The molecular weight excluding hydrogens is 150 g/mol. The number of ketones is 1. The Labute approximate surface area is 62.4 Å².